The lowest BCUT2D eigenvalue weighted by atomic mass is 10.0. The van der Waals surface area contributed by atoms with Gasteiger partial charge in [0, 0.05) is 51.0 Å². The number of nitrogen functional groups attached to an aromatic ring is 1. The second-order valence-corrected chi connectivity index (χ2v) is 5.75. The molecule has 106 valence electrons. The van der Waals surface area contributed by atoms with Crippen molar-refractivity contribution >= 4 is 45.6 Å². The molecule has 0 bridgehead atoms. The number of aromatic nitrogens is 1. The van der Waals surface area contributed by atoms with Gasteiger partial charge in [0.15, 0.2) is 5.78 Å². The Morgan fingerprint density at radius 3 is 2.48 bits per heavy atom. The highest BCUT2D eigenvalue weighted by Crippen LogP contribution is 2.28. The van der Waals surface area contributed by atoms with Crippen molar-refractivity contribution in [3.63, 3.8) is 0 Å². The molecule has 5 heteroatoms. The van der Waals surface area contributed by atoms with Crippen LogP contribution < -0.4 is 5.73 Å². The molecule has 3 aromatic rings. The predicted molar refractivity (Wildman–Crippen MR) is 87.2 cm³/mol. The number of nitrogens with two attached hydrogens (primary N) is 1. The monoisotopic (exact) mass is 318 g/mol. The number of rotatable bonds is 2. The lowest BCUT2D eigenvalue weighted by Gasteiger charge is -2.04. The zero-order valence-corrected chi connectivity index (χ0v) is 12.7. The maximum absolute atomic E-state index is 12.7. The van der Waals surface area contributed by atoms with E-state index < -0.39 is 0 Å². The molecule has 0 saturated heterocycles. The molecule has 0 fully saturated rings. The maximum atomic E-state index is 12.7. The Hall–Kier alpha value is -1.97. The molecule has 0 spiro atoms. The summed E-state index contributed by atoms with van der Waals surface area (Å²) >= 11 is 12.0. The Labute approximate surface area is 131 Å². The van der Waals surface area contributed by atoms with E-state index in [1.165, 1.54) is 0 Å². The van der Waals surface area contributed by atoms with E-state index in [4.69, 9.17) is 28.9 Å². The molecule has 0 atom stereocenters. The van der Waals surface area contributed by atoms with Gasteiger partial charge >= 0.3 is 0 Å². The van der Waals surface area contributed by atoms with Crippen LogP contribution in [0.15, 0.2) is 42.6 Å². The number of hydrogen-bond acceptors (Lipinski definition) is 2. The summed E-state index contributed by atoms with van der Waals surface area (Å²) in [5, 5.41) is 1.95. The number of halogens is 2. The second-order valence-electron chi connectivity index (χ2n) is 4.88. The summed E-state index contributed by atoms with van der Waals surface area (Å²) in [6.07, 6.45) is 1.78. The highest BCUT2D eigenvalue weighted by atomic mass is 35.5. The van der Waals surface area contributed by atoms with Crippen molar-refractivity contribution in [1.29, 1.82) is 0 Å². The van der Waals surface area contributed by atoms with Crippen LogP contribution in [0.2, 0.25) is 10.0 Å². The fourth-order valence-corrected chi connectivity index (χ4v) is 2.75. The van der Waals surface area contributed by atoms with E-state index in [1.54, 1.807) is 30.5 Å². The van der Waals surface area contributed by atoms with Crippen molar-refractivity contribution in [2.45, 2.75) is 0 Å². The van der Waals surface area contributed by atoms with Gasteiger partial charge in [0.25, 0.3) is 0 Å². The van der Waals surface area contributed by atoms with Crippen LogP contribution in [0.4, 0.5) is 5.69 Å². The number of ketones is 1. The van der Waals surface area contributed by atoms with Crippen LogP contribution in [-0.4, -0.2) is 10.4 Å². The Morgan fingerprint density at radius 2 is 1.71 bits per heavy atom. The van der Waals surface area contributed by atoms with Gasteiger partial charge in [0.05, 0.1) is 0 Å². The molecule has 3 nitrogen and oxygen atoms in total. The second kappa shape index (κ2) is 5.10. The molecule has 1 aromatic heterocycles. The number of aryl methyl sites for hydroxylation is 1. The highest BCUT2D eigenvalue weighted by Gasteiger charge is 2.18. The van der Waals surface area contributed by atoms with Crippen LogP contribution in [-0.2, 0) is 7.05 Å². The number of carbonyl (C=O) groups is 1. The van der Waals surface area contributed by atoms with E-state index in [0.717, 1.165) is 10.9 Å². The number of carbonyl (C=O) groups excluding carboxylic acids is 1. The average molecular weight is 319 g/mol. The number of anilines is 1. The van der Waals surface area contributed by atoms with Crippen molar-refractivity contribution < 1.29 is 4.79 Å². The van der Waals surface area contributed by atoms with Crippen molar-refractivity contribution in [2.24, 2.45) is 7.05 Å². The van der Waals surface area contributed by atoms with Gasteiger partial charge in [0.1, 0.15) is 0 Å². The highest BCUT2D eigenvalue weighted by molar-refractivity contribution is 6.32. The van der Waals surface area contributed by atoms with Gasteiger partial charge in [0.2, 0.25) is 0 Å². The van der Waals surface area contributed by atoms with Crippen LogP contribution >= 0.6 is 23.2 Å². The third-order valence-electron chi connectivity index (χ3n) is 3.46. The minimum absolute atomic E-state index is 0.150. The molecule has 0 saturated carbocycles. The Morgan fingerprint density at radius 1 is 1.05 bits per heavy atom. The third-order valence-corrected chi connectivity index (χ3v) is 3.93. The predicted octanol–water partition coefficient (Wildman–Crippen LogP) is 4.30. The smallest absolute Gasteiger partial charge is 0.197 e. The molecule has 0 unspecified atom stereocenters. The van der Waals surface area contributed by atoms with E-state index in [9.17, 15) is 4.79 Å². The number of hydrogen-bond donors (Lipinski definition) is 1. The molecular weight excluding hydrogens is 307 g/mol. The van der Waals surface area contributed by atoms with Gasteiger partial charge in [-0.2, -0.15) is 0 Å². The summed E-state index contributed by atoms with van der Waals surface area (Å²) < 4.78 is 1.87. The molecule has 0 amide bonds. The molecule has 0 radical (unpaired) electrons. The molecule has 21 heavy (non-hydrogen) atoms. The summed E-state index contributed by atoms with van der Waals surface area (Å²) in [5.41, 5.74) is 8.19. The summed E-state index contributed by atoms with van der Waals surface area (Å²) in [7, 11) is 1.87. The standard InChI is InChI=1S/C16H12Cl2N2O/c1-20-8-13(11-4-2-10(18)7-15(11)20)16(21)12-6-9(17)3-5-14(12)19/h2-8H,19H2,1H3. The van der Waals surface area contributed by atoms with Crippen LogP contribution in [0.3, 0.4) is 0 Å². The molecule has 0 aliphatic rings. The first-order chi connectivity index (χ1) is 9.97. The van der Waals surface area contributed by atoms with Gasteiger partial charge in [-0.05, 0) is 30.3 Å². The average Bonchev–Trinajstić information content (AvgIpc) is 2.78. The summed E-state index contributed by atoms with van der Waals surface area (Å²) in [4.78, 5) is 12.7. The minimum atomic E-state index is -0.150. The summed E-state index contributed by atoms with van der Waals surface area (Å²) in [5.74, 6) is -0.150. The Kier molecular flexibility index (Phi) is 3.40. The summed E-state index contributed by atoms with van der Waals surface area (Å²) in [6.45, 7) is 0. The van der Waals surface area contributed by atoms with Crippen molar-refractivity contribution in [3.05, 3.63) is 63.8 Å². The topological polar surface area (TPSA) is 48.0 Å². The number of benzene rings is 2. The van der Waals surface area contributed by atoms with E-state index in [1.807, 2.05) is 23.7 Å². The van der Waals surface area contributed by atoms with Crippen LogP contribution in [0.1, 0.15) is 15.9 Å². The zero-order chi connectivity index (χ0) is 15.1. The maximum Gasteiger partial charge on any atom is 0.197 e. The van der Waals surface area contributed by atoms with E-state index in [0.29, 0.717) is 26.9 Å². The zero-order valence-electron chi connectivity index (χ0n) is 11.2. The SMILES string of the molecule is Cn1cc(C(=O)c2cc(Cl)ccc2N)c2ccc(Cl)cc21. The normalized spacial score (nSPS) is 11.0. The molecule has 3 rings (SSSR count). The molecule has 2 aromatic carbocycles. The minimum Gasteiger partial charge on any atom is -0.398 e. The fraction of sp³-hybridized carbons (Fsp3) is 0.0625. The molecule has 1 heterocycles. The Bertz CT molecular complexity index is 868. The molecular formula is C16H12Cl2N2O. The van der Waals surface area contributed by atoms with Crippen LogP contribution in [0.5, 0.6) is 0 Å². The van der Waals surface area contributed by atoms with E-state index in [2.05, 4.69) is 0 Å². The van der Waals surface area contributed by atoms with E-state index in [-0.39, 0.29) is 5.78 Å². The fourth-order valence-electron chi connectivity index (χ4n) is 2.41. The number of nitrogens with zero attached hydrogens (tertiary/aromatic N) is 1. The molecule has 2 N–H and O–H groups in total. The lowest BCUT2D eigenvalue weighted by Crippen LogP contribution is -2.05. The quantitative estimate of drug-likeness (QED) is 0.565. The lowest BCUT2D eigenvalue weighted by molar-refractivity contribution is 0.104. The largest absolute Gasteiger partial charge is 0.398 e. The molecule has 0 aliphatic heterocycles. The Balaban J connectivity index is 2.21. The van der Waals surface area contributed by atoms with Crippen molar-refractivity contribution in [1.82, 2.24) is 4.57 Å². The van der Waals surface area contributed by atoms with Gasteiger partial charge in [-0.3, -0.25) is 4.79 Å². The van der Waals surface area contributed by atoms with Crippen molar-refractivity contribution in [2.75, 3.05) is 5.73 Å². The van der Waals surface area contributed by atoms with E-state index >= 15 is 0 Å². The van der Waals surface area contributed by atoms with Crippen molar-refractivity contribution in [3.8, 4) is 0 Å². The first-order valence-electron chi connectivity index (χ1n) is 6.31. The van der Waals surface area contributed by atoms with Gasteiger partial charge < -0.3 is 10.3 Å². The van der Waals surface area contributed by atoms with Crippen LogP contribution in [0, 0.1) is 0 Å². The third kappa shape index (κ3) is 2.39. The van der Waals surface area contributed by atoms with Gasteiger partial charge in [-0.1, -0.05) is 29.3 Å². The first kappa shape index (κ1) is 14.0. The van der Waals surface area contributed by atoms with Gasteiger partial charge in [-0.25, -0.2) is 0 Å². The summed E-state index contributed by atoms with van der Waals surface area (Å²) in [6, 6.07) is 10.3. The molecule has 0 aliphatic carbocycles. The van der Waals surface area contributed by atoms with Gasteiger partial charge in [-0.15, -0.1) is 0 Å². The van der Waals surface area contributed by atoms with Crippen LogP contribution in [0.25, 0.3) is 10.9 Å². The number of fused-ring (bicyclic) bond motifs is 1. The first-order valence-corrected chi connectivity index (χ1v) is 7.07.